The third kappa shape index (κ3) is 2.37. The Morgan fingerprint density at radius 2 is 1.83 bits per heavy atom. The average molecular weight is 266 g/mol. The summed E-state index contributed by atoms with van der Waals surface area (Å²) in [7, 11) is 0. The molecule has 2 aliphatic carbocycles. The third-order valence-electron chi connectivity index (χ3n) is 5.65. The van der Waals surface area contributed by atoms with Crippen molar-refractivity contribution in [2.75, 3.05) is 5.75 Å². The van der Waals surface area contributed by atoms with Crippen molar-refractivity contribution in [3.05, 3.63) is 0 Å². The summed E-state index contributed by atoms with van der Waals surface area (Å²) in [6.07, 6.45) is 11.8. The molecule has 102 valence electrons. The first kappa shape index (κ1) is 13.0. The van der Waals surface area contributed by atoms with E-state index >= 15 is 0 Å². The molecule has 0 aromatic rings. The summed E-state index contributed by atoms with van der Waals surface area (Å²) >= 11 is 1.93. The van der Waals surface area contributed by atoms with Gasteiger partial charge in [-0.05, 0) is 56.6 Å². The summed E-state index contributed by atoms with van der Waals surface area (Å²) in [6.45, 7) is 2.21. The van der Waals surface area contributed by atoms with Gasteiger partial charge in [-0.2, -0.15) is 0 Å². The second kappa shape index (κ2) is 5.19. The Balaban J connectivity index is 1.64. The van der Waals surface area contributed by atoms with E-state index in [1.165, 1.54) is 57.1 Å². The topological polar surface area (TPSA) is 17.1 Å². The van der Waals surface area contributed by atoms with Crippen molar-refractivity contribution in [3.8, 4) is 0 Å². The van der Waals surface area contributed by atoms with Gasteiger partial charge in [0, 0.05) is 5.92 Å². The van der Waals surface area contributed by atoms with E-state index in [4.69, 9.17) is 0 Å². The summed E-state index contributed by atoms with van der Waals surface area (Å²) < 4.78 is -0.0217. The van der Waals surface area contributed by atoms with Gasteiger partial charge in [-0.25, -0.2) is 0 Å². The Morgan fingerprint density at radius 1 is 1.06 bits per heavy atom. The molecule has 1 heterocycles. The first-order valence-electron chi connectivity index (χ1n) is 7.87. The number of hydrogen-bond acceptors (Lipinski definition) is 2. The molecule has 0 radical (unpaired) electrons. The highest BCUT2D eigenvalue weighted by Crippen LogP contribution is 2.47. The zero-order valence-corrected chi connectivity index (χ0v) is 12.4. The van der Waals surface area contributed by atoms with Crippen LogP contribution < -0.4 is 0 Å². The molecule has 1 saturated heterocycles. The summed E-state index contributed by atoms with van der Waals surface area (Å²) in [5, 5.41) is 0. The van der Waals surface area contributed by atoms with Crippen LogP contribution in [0.15, 0.2) is 0 Å². The Kier molecular flexibility index (Phi) is 3.75. The lowest BCUT2D eigenvalue weighted by Crippen LogP contribution is -2.39. The molecule has 18 heavy (non-hydrogen) atoms. The zero-order valence-electron chi connectivity index (χ0n) is 11.6. The van der Waals surface area contributed by atoms with Crippen LogP contribution in [0.4, 0.5) is 0 Å². The van der Waals surface area contributed by atoms with Crippen LogP contribution in [0.1, 0.15) is 64.7 Å². The van der Waals surface area contributed by atoms with Crippen molar-refractivity contribution >= 4 is 17.5 Å². The molecule has 4 atom stereocenters. The monoisotopic (exact) mass is 266 g/mol. The predicted molar refractivity (Wildman–Crippen MR) is 77.9 cm³/mol. The van der Waals surface area contributed by atoms with Gasteiger partial charge < -0.3 is 0 Å². The maximum Gasteiger partial charge on any atom is 0.151 e. The second-order valence-corrected chi connectivity index (χ2v) is 8.46. The van der Waals surface area contributed by atoms with Crippen molar-refractivity contribution in [2.45, 2.75) is 69.5 Å². The molecule has 3 aliphatic rings. The Morgan fingerprint density at radius 3 is 2.56 bits per heavy atom. The van der Waals surface area contributed by atoms with Crippen molar-refractivity contribution in [2.24, 2.45) is 17.8 Å². The quantitative estimate of drug-likeness (QED) is 0.734. The van der Waals surface area contributed by atoms with E-state index in [1.54, 1.807) is 0 Å². The molecular weight excluding hydrogens is 240 g/mol. The molecule has 3 fully saturated rings. The fourth-order valence-electron chi connectivity index (χ4n) is 4.52. The lowest BCUT2D eigenvalue weighted by molar-refractivity contribution is -0.127. The highest BCUT2D eigenvalue weighted by Gasteiger charge is 2.43. The van der Waals surface area contributed by atoms with Crippen LogP contribution in [0.3, 0.4) is 0 Å². The SMILES string of the molecule is CC1(C(=O)C2CCC3CCCCC3C2)CCCS1. The van der Waals surface area contributed by atoms with Gasteiger partial charge in [0.15, 0.2) is 5.78 Å². The molecule has 1 nitrogen and oxygen atoms in total. The van der Waals surface area contributed by atoms with E-state index in [0.29, 0.717) is 11.7 Å². The van der Waals surface area contributed by atoms with E-state index in [9.17, 15) is 4.79 Å². The van der Waals surface area contributed by atoms with Gasteiger partial charge in [-0.15, -0.1) is 11.8 Å². The number of Topliss-reactive ketones (excluding diaryl/α,β-unsaturated/α-hetero) is 1. The second-order valence-electron chi connectivity index (χ2n) is 6.86. The fraction of sp³-hybridized carbons (Fsp3) is 0.938. The van der Waals surface area contributed by atoms with Gasteiger partial charge >= 0.3 is 0 Å². The van der Waals surface area contributed by atoms with Crippen molar-refractivity contribution in [1.82, 2.24) is 0 Å². The number of fused-ring (bicyclic) bond motifs is 1. The van der Waals surface area contributed by atoms with Crippen molar-refractivity contribution < 1.29 is 4.79 Å². The molecule has 2 saturated carbocycles. The van der Waals surface area contributed by atoms with Crippen LogP contribution >= 0.6 is 11.8 Å². The van der Waals surface area contributed by atoms with E-state index in [0.717, 1.165) is 18.3 Å². The summed E-state index contributed by atoms with van der Waals surface area (Å²) in [5.74, 6) is 4.05. The highest BCUT2D eigenvalue weighted by molar-refractivity contribution is 8.01. The number of carbonyl (C=O) groups is 1. The maximum atomic E-state index is 12.8. The molecule has 0 bridgehead atoms. The number of carbonyl (C=O) groups excluding carboxylic acids is 1. The van der Waals surface area contributed by atoms with Crippen LogP contribution in [-0.2, 0) is 4.79 Å². The van der Waals surface area contributed by atoms with Crippen molar-refractivity contribution in [1.29, 1.82) is 0 Å². The van der Waals surface area contributed by atoms with Crippen molar-refractivity contribution in [3.63, 3.8) is 0 Å². The summed E-state index contributed by atoms with van der Waals surface area (Å²) in [6, 6.07) is 0. The van der Waals surface area contributed by atoms with Crippen LogP contribution in [0, 0.1) is 17.8 Å². The van der Waals surface area contributed by atoms with Gasteiger partial charge in [0.1, 0.15) is 0 Å². The first-order valence-corrected chi connectivity index (χ1v) is 8.86. The van der Waals surface area contributed by atoms with Crippen LogP contribution in [-0.4, -0.2) is 16.3 Å². The molecule has 0 amide bonds. The van der Waals surface area contributed by atoms with Crippen LogP contribution in [0.25, 0.3) is 0 Å². The Bertz CT molecular complexity index is 319. The molecule has 3 rings (SSSR count). The minimum Gasteiger partial charge on any atom is -0.298 e. The number of hydrogen-bond donors (Lipinski definition) is 0. The molecule has 2 heteroatoms. The van der Waals surface area contributed by atoms with Gasteiger partial charge in [-0.3, -0.25) is 4.79 Å². The van der Waals surface area contributed by atoms with Crippen LogP contribution in [0.5, 0.6) is 0 Å². The van der Waals surface area contributed by atoms with E-state index in [1.807, 2.05) is 11.8 Å². The van der Waals surface area contributed by atoms with Gasteiger partial charge in [0.2, 0.25) is 0 Å². The van der Waals surface area contributed by atoms with Gasteiger partial charge in [-0.1, -0.05) is 25.7 Å². The predicted octanol–water partition coefficient (Wildman–Crippen LogP) is 4.45. The lowest BCUT2D eigenvalue weighted by atomic mass is 9.65. The molecule has 1 aliphatic heterocycles. The maximum absolute atomic E-state index is 12.8. The van der Waals surface area contributed by atoms with E-state index < -0.39 is 0 Å². The van der Waals surface area contributed by atoms with Crippen LogP contribution in [0.2, 0.25) is 0 Å². The first-order chi connectivity index (χ1) is 8.69. The number of ketones is 1. The Hall–Kier alpha value is 0.0200. The minimum atomic E-state index is -0.0217. The normalized spacial score (nSPS) is 44.6. The summed E-state index contributed by atoms with van der Waals surface area (Å²) in [5.41, 5.74) is 0. The average Bonchev–Trinajstić information content (AvgIpc) is 2.85. The van der Waals surface area contributed by atoms with Gasteiger partial charge in [0.05, 0.1) is 4.75 Å². The van der Waals surface area contributed by atoms with Gasteiger partial charge in [0.25, 0.3) is 0 Å². The van der Waals surface area contributed by atoms with E-state index in [2.05, 4.69) is 6.92 Å². The van der Waals surface area contributed by atoms with E-state index in [-0.39, 0.29) is 4.75 Å². The Labute approximate surface area is 115 Å². The molecule has 0 spiro atoms. The number of rotatable bonds is 2. The number of thioether (sulfide) groups is 1. The summed E-state index contributed by atoms with van der Waals surface area (Å²) in [4.78, 5) is 12.8. The molecule has 4 unspecified atom stereocenters. The largest absolute Gasteiger partial charge is 0.298 e. The zero-order chi connectivity index (χ0) is 12.6. The third-order valence-corrected chi connectivity index (χ3v) is 7.19. The fourth-order valence-corrected chi connectivity index (χ4v) is 5.85. The minimum absolute atomic E-state index is 0.0217. The highest BCUT2D eigenvalue weighted by atomic mass is 32.2. The molecule has 0 aromatic carbocycles. The molecule has 0 N–H and O–H groups in total. The smallest absolute Gasteiger partial charge is 0.151 e. The standard InChI is InChI=1S/C16H26OS/c1-16(9-4-10-18-16)15(17)14-8-7-12-5-2-3-6-13(12)11-14/h12-14H,2-11H2,1H3. The molecular formula is C16H26OS. The molecule has 0 aromatic heterocycles. The lowest BCUT2D eigenvalue weighted by Gasteiger charge is -2.40.